The first-order valence-electron chi connectivity index (χ1n) is 4.58. The number of hydrogen-bond donors (Lipinski definition) is 0. The van der Waals surface area contributed by atoms with Crippen molar-refractivity contribution in [1.29, 1.82) is 5.26 Å². The molecule has 0 aromatic carbocycles. The quantitative estimate of drug-likeness (QED) is 0.706. The lowest BCUT2D eigenvalue weighted by molar-refractivity contribution is 1.05. The van der Waals surface area contributed by atoms with Crippen molar-refractivity contribution in [2.45, 2.75) is 6.92 Å². The van der Waals surface area contributed by atoms with Gasteiger partial charge < -0.3 is 0 Å². The topological polar surface area (TPSA) is 62.5 Å². The average Bonchev–Trinajstić information content (AvgIpc) is 2.28. The van der Waals surface area contributed by atoms with Gasteiger partial charge in [0.25, 0.3) is 0 Å². The molecule has 0 aliphatic carbocycles. The summed E-state index contributed by atoms with van der Waals surface area (Å²) in [5.41, 5.74) is 1.59. The molecule has 0 amide bonds. The van der Waals surface area contributed by atoms with Crippen LogP contribution in [-0.4, -0.2) is 15.0 Å². The second kappa shape index (κ2) is 4.25. The van der Waals surface area contributed by atoms with E-state index in [0.717, 1.165) is 0 Å². The van der Waals surface area contributed by atoms with E-state index in [1.807, 2.05) is 6.07 Å². The zero-order valence-electron chi connectivity index (χ0n) is 8.48. The van der Waals surface area contributed by atoms with Crippen molar-refractivity contribution in [2.75, 3.05) is 0 Å². The molecular weight excluding hydrogens is 224 g/mol. The molecule has 0 saturated heterocycles. The van der Waals surface area contributed by atoms with Crippen molar-refractivity contribution in [1.82, 2.24) is 15.0 Å². The molecule has 0 spiro atoms. The lowest BCUT2D eigenvalue weighted by Crippen LogP contribution is -1.94. The molecule has 2 aromatic rings. The summed E-state index contributed by atoms with van der Waals surface area (Å²) >= 11 is 5.83. The van der Waals surface area contributed by atoms with E-state index in [1.165, 1.54) is 0 Å². The summed E-state index contributed by atoms with van der Waals surface area (Å²) in [6.07, 6.45) is 0. The van der Waals surface area contributed by atoms with Crippen LogP contribution in [0.1, 0.15) is 11.5 Å². The lowest BCUT2D eigenvalue weighted by Gasteiger charge is -2.01. The van der Waals surface area contributed by atoms with Crippen molar-refractivity contribution >= 4 is 11.6 Å². The molecule has 0 aliphatic heterocycles. The molecule has 2 rings (SSSR count). The Balaban J connectivity index is 2.54. The van der Waals surface area contributed by atoms with Crippen LogP contribution in [0.4, 0.5) is 0 Å². The Kier molecular flexibility index (Phi) is 2.80. The first-order chi connectivity index (χ1) is 7.69. The highest BCUT2D eigenvalue weighted by Crippen LogP contribution is 2.17. The SMILES string of the molecule is Cc1nc(Cl)cc(-c2cccc(C#N)n2)n1. The summed E-state index contributed by atoms with van der Waals surface area (Å²) in [5.74, 6) is 0.576. The fourth-order valence-corrected chi connectivity index (χ4v) is 1.53. The van der Waals surface area contributed by atoms with E-state index in [0.29, 0.717) is 28.1 Å². The van der Waals surface area contributed by atoms with Crippen LogP contribution >= 0.6 is 11.6 Å². The third-order valence-corrected chi connectivity index (χ3v) is 2.13. The second-order valence-electron chi connectivity index (χ2n) is 3.14. The van der Waals surface area contributed by atoms with Crippen LogP contribution in [0, 0.1) is 18.3 Å². The van der Waals surface area contributed by atoms with Gasteiger partial charge in [-0.2, -0.15) is 5.26 Å². The first kappa shape index (κ1) is 10.5. The summed E-state index contributed by atoms with van der Waals surface area (Å²) in [4.78, 5) is 12.3. The van der Waals surface area contributed by atoms with E-state index in [9.17, 15) is 0 Å². The van der Waals surface area contributed by atoms with Crippen molar-refractivity contribution in [3.8, 4) is 17.5 Å². The van der Waals surface area contributed by atoms with Gasteiger partial charge in [0.05, 0.1) is 11.4 Å². The summed E-state index contributed by atoms with van der Waals surface area (Å²) in [6, 6.07) is 8.77. The van der Waals surface area contributed by atoms with Gasteiger partial charge >= 0.3 is 0 Å². The van der Waals surface area contributed by atoms with E-state index in [-0.39, 0.29) is 0 Å². The predicted octanol–water partition coefficient (Wildman–Crippen LogP) is 2.37. The summed E-state index contributed by atoms with van der Waals surface area (Å²) in [6.45, 7) is 1.75. The average molecular weight is 231 g/mol. The maximum absolute atomic E-state index is 8.75. The molecule has 0 aliphatic rings. The fourth-order valence-electron chi connectivity index (χ4n) is 1.30. The van der Waals surface area contributed by atoms with Gasteiger partial charge in [-0.15, -0.1) is 0 Å². The van der Waals surface area contributed by atoms with Gasteiger partial charge in [0.1, 0.15) is 22.7 Å². The number of nitriles is 1. The number of hydrogen-bond acceptors (Lipinski definition) is 4. The molecule has 0 fully saturated rings. The number of nitrogens with zero attached hydrogens (tertiary/aromatic N) is 4. The Morgan fingerprint density at radius 3 is 2.69 bits per heavy atom. The molecule has 78 valence electrons. The maximum Gasteiger partial charge on any atom is 0.141 e. The summed E-state index contributed by atoms with van der Waals surface area (Å²) in [5, 5.41) is 9.11. The van der Waals surface area contributed by atoms with Crippen LogP contribution in [0.2, 0.25) is 5.15 Å². The molecule has 0 N–H and O–H groups in total. The first-order valence-corrected chi connectivity index (χ1v) is 4.95. The van der Waals surface area contributed by atoms with E-state index in [1.54, 1.807) is 31.2 Å². The van der Waals surface area contributed by atoms with Gasteiger partial charge in [0.15, 0.2) is 0 Å². The minimum absolute atomic E-state index is 0.352. The Morgan fingerprint density at radius 2 is 2.00 bits per heavy atom. The highest BCUT2D eigenvalue weighted by Gasteiger charge is 2.05. The molecular formula is C11H7ClN4. The molecule has 0 unspecified atom stereocenters. The fraction of sp³-hybridized carbons (Fsp3) is 0.0909. The van der Waals surface area contributed by atoms with Crippen LogP contribution in [0.5, 0.6) is 0 Å². The monoisotopic (exact) mass is 230 g/mol. The van der Waals surface area contributed by atoms with Crippen molar-refractivity contribution in [2.24, 2.45) is 0 Å². The molecule has 0 atom stereocenters. The molecule has 4 nitrogen and oxygen atoms in total. The van der Waals surface area contributed by atoms with E-state index >= 15 is 0 Å². The highest BCUT2D eigenvalue weighted by molar-refractivity contribution is 6.29. The summed E-state index contributed by atoms with van der Waals surface area (Å²) < 4.78 is 0. The molecule has 16 heavy (non-hydrogen) atoms. The normalized spacial score (nSPS) is 9.81. The molecule has 2 heterocycles. The Hall–Kier alpha value is -1.99. The zero-order chi connectivity index (χ0) is 11.5. The van der Waals surface area contributed by atoms with Crippen molar-refractivity contribution in [3.63, 3.8) is 0 Å². The largest absolute Gasteiger partial charge is 0.235 e. The minimum Gasteiger partial charge on any atom is -0.235 e. The maximum atomic E-state index is 8.75. The Morgan fingerprint density at radius 1 is 1.19 bits per heavy atom. The highest BCUT2D eigenvalue weighted by atomic mass is 35.5. The molecule has 0 radical (unpaired) electrons. The van der Waals surface area contributed by atoms with Gasteiger partial charge in [-0.05, 0) is 19.1 Å². The van der Waals surface area contributed by atoms with Crippen molar-refractivity contribution < 1.29 is 0 Å². The molecule has 5 heteroatoms. The van der Waals surface area contributed by atoms with Crippen LogP contribution < -0.4 is 0 Å². The Bertz CT molecular complexity index is 554. The minimum atomic E-state index is 0.352. The van der Waals surface area contributed by atoms with E-state index in [4.69, 9.17) is 16.9 Å². The predicted molar refractivity (Wildman–Crippen MR) is 59.7 cm³/mol. The number of aromatic nitrogens is 3. The van der Waals surface area contributed by atoms with Crippen LogP contribution in [0.15, 0.2) is 24.3 Å². The van der Waals surface area contributed by atoms with Gasteiger partial charge in [0.2, 0.25) is 0 Å². The number of aryl methyl sites for hydroxylation is 1. The number of pyridine rings is 1. The smallest absolute Gasteiger partial charge is 0.141 e. The molecule has 0 bridgehead atoms. The summed E-state index contributed by atoms with van der Waals surface area (Å²) in [7, 11) is 0. The lowest BCUT2D eigenvalue weighted by atomic mass is 10.2. The van der Waals surface area contributed by atoms with Crippen LogP contribution in [0.3, 0.4) is 0 Å². The third-order valence-electron chi connectivity index (χ3n) is 1.93. The van der Waals surface area contributed by atoms with Gasteiger partial charge in [-0.25, -0.2) is 15.0 Å². The van der Waals surface area contributed by atoms with Crippen LogP contribution in [-0.2, 0) is 0 Å². The van der Waals surface area contributed by atoms with E-state index in [2.05, 4.69) is 15.0 Å². The second-order valence-corrected chi connectivity index (χ2v) is 3.53. The van der Waals surface area contributed by atoms with Gasteiger partial charge in [-0.1, -0.05) is 17.7 Å². The number of rotatable bonds is 1. The van der Waals surface area contributed by atoms with E-state index < -0.39 is 0 Å². The zero-order valence-corrected chi connectivity index (χ0v) is 9.23. The third kappa shape index (κ3) is 2.15. The van der Waals surface area contributed by atoms with Gasteiger partial charge in [0, 0.05) is 6.07 Å². The van der Waals surface area contributed by atoms with Crippen molar-refractivity contribution in [3.05, 3.63) is 40.9 Å². The number of halogens is 1. The standard InChI is InChI=1S/C11H7ClN4/c1-7-14-10(5-11(12)15-7)9-4-2-3-8(6-13)16-9/h2-5H,1H3. The molecule has 0 saturated carbocycles. The molecule has 2 aromatic heterocycles. The van der Waals surface area contributed by atoms with Gasteiger partial charge in [-0.3, -0.25) is 0 Å². The Labute approximate surface area is 97.6 Å². The van der Waals surface area contributed by atoms with Crippen LogP contribution in [0.25, 0.3) is 11.4 Å².